The van der Waals surface area contributed by atoms with Gasteiger partial charge in [0.25, 0.3) is 17.7 Å². The molecule has 44 heavy (non-hydrogen) atoms. The van der Waals surface area contributed by atoms with Crippen molar-refractivity contribution >= 4 is 35.6 Å². The van der Waals surface area contributed by atoms with E-state index in [4.69, 9.17) is 18.9 Å². The van der Waals surface area contributed by atoms with Crippen LogP contribution in [0.25, 0.3) is 0 Å². The van der Waals surface area contributed by atoms with Crippen LogP contribution in [-0.4, -0.2) is 63.4 Å². The van der Waals surface area contributed by atoms with E-state index in [2.05, 4.69) is 21.2 Å². The zero-order valence-electron chi connectivity index (χ0n) is 25.2. The van der Waals surface area contributed by atoms with Gasteiger partial charge in [-0.15, -0.1) is 0 Å². The van der Waals surface area contributed by atoms with Crippen LogP contribution in [0.2, 0.25) is 0 Å². The fraction of sp³-hybridized carbons (Fsp3) is 0.281. The van der Waals surface area contributed by atoms with Gasteiger partial charge in [-0.3, -0.25) is 14.4 Å². The Morgan fingerprint density at radius 3 is 2.16 bits per heavy atom. The highest BCUT2D eigenvalue weighted by atomic mass is 16.5. The summed E-state index contributed by atoms with van der Waals surface area (Å²) in [5.74, 6) is -0.648. The lowest BCUT2D eigenvalue weighted by molar-refractivity contribution is -0.124. The highest BCUT2D eigenvalue weighted by Crippen LogP contribution is 2.27. The van der Waals surface area contributed by atoms with Crippen LogP contribution in [0, 0.1) is 5.92 Å². The number of anilines is 1. The molecule has 3 aromatic rings. The number of amides is 3. The predicted molar refractivity (Wildman–Crippen MR) is 164 cm³/mol. The molecule has 232 valence electrons. The first-order valence-electron chi connectivity index (χ1n) is 13.8. The van der Waals surface area contributed by atoms with Gasteiger partial charge in [0, 0.05) is 11.3 Å². The number of benzene rings is 3. The number of methoxy groups -OCH3 is 2. The molecule has 0 fully saturated rings. The molecule has 3 aromatic carbocycles. The van der Waals surface area contributed by atoms with Gasteiger partial charge in [-0.25, -0.2) is 10.2 Å². The molecule has 0 radical (unpaired) electrons. The van der Waals surface area contributed by atoms with E-state index in [0.717, 1.165) is 0 Å². The average molecular weight is 605 g/mol. The number of carbonyl (C=O) groups is 4. The largest absolute Gasteiger partial charge is 0.497 e. The summed E-state index contributed by atoms with van der Waals surface area (Å²) in [5, 5.41) is 9.45. The van der Waals surface area contributed by atoms with Crippen molar-refractivity contribution in [3.05, 3.63) is 83.4 Å². The minimum Gasteiger partial charge on any atom is -0.497 e. The van der Waals surface area contributed by atoms with Crippen molar-refractivity contribution in [3.63, 3.8) is 0 Å². The van der Waals surface area contributed by atoms with E-state index in [1.54, 1.807) is 73.7 Å². The van der Waals surface area contributed by atoms with Gasteiger partial charge >= 0.3 is 5.97 Å². The number of carbonyl (C=O) groups excluding carboxylic acids is 4. The summed E-state index contributed by atoms with van der Waals surface area (Å²) in [7, 11) is 2.99. The molecule has 0 saturated heterocycles. The van der Waals surface area contributed by atoms with Crippen LogP contribution in [0.1, 0.15) is 47.1 Å². The third kappa shape index (κ3) is 9.58. The Morgan fingerprint density at radius 1 is 0.864 bits per heavy atom. The van der Waals surface area contributed by atoms with Crippen LogP contribution in [0.3, 0.4) is 0 Å². The minimum absolute atomic E-state index is 0.204. The number of ether oxygens (including phenoxy) is 4. The van der Waals surface area contributed by atoms with E-state index in [1.807, 2.05) is 13.8 Å². The molecule has 1 atom stereocenters. The van der Waals surface area contributed by atoms with Crippen LogP contribution in [0.4, 0.5) is 5.69 Å². The van der Waals surface area contributed by atoms with Gasteiger partial charge in [0.05, 0.1) is 32.6 Å². The average Bonchev–Trinajstić information content (AvgIpc) is 3.03. The van der Waals surface area contributed by atoms with E-state index >= 15 is 0 Å². The zero-order valence-corrected chi connectivity index (χ0v) is 25.2. The molecule has 3 amide bonds. The zero-order chi connectivity index (χ0) is 32.1. The Labute approximate surface area is 255 Å². The molecule has 0 spiro atoms. The van der Waals surface area contributed by atoms with Gasteiger partial charge in [0.15, 0.2) is 18.1 Å². The molecule has 0 aliphatic carbocycles. The summed E-state index contributed by atoms with van der Waals surface area (Å²) in [6.45, 7) is 5.33. The molecule has 0 heterocycles. The monoisotopic (exact) mass is 604 g/mol. The molecule has 0 aliphatic heterocycles. The highest BCUT2D eigenvalue weighted by Gasteiger charge is 2.24. The second kappa shape index (κ2) is 16.3. The van der Waals surface area contributed by atoms with Crippen LogP contribution in [-0.2, 0) is 14.3 Å². The van der Waals surface area contributed by atoms with Gasteiger partial charge in [0.2, 0.25) is 0 Å². The Bertz CT molecular complexity index is 1470. The first-order valence-corrected chi connectivity index (χ1v) is 13.8. The molecule has 0 saturated carbocycles. The summed E-state index contributed by atoms with van der Waals surface area (Å²) in [4.78, 5) is 49.6. The molecule has 0 aromatic heterocycles. The summed E-state index contributed by atoms with van der Waals surface area (Å²) in [6, 6.07) is 16.9. The van der Waals surface area contributed by atoms with Crippen molar-refractivity contribution in [1.82, 2.24) is 10.7 Å². The molecular weight excluding hydrogens is 568 g/mol. The number of hydrogen-bond acceptors (Lipinski definition) is 9. The van der Waals surface area contributed by atoms with Gasteiger partial charge < -0.3 is 29.6 Å². The van der Waals surface area contributed by atoms with Crippen molar-refractivity contribution in [2.75, 3.05) is 32.8 Å². The van der Waals surface area contributed by atoms with E-state index in [-0.39, 0.29) is 19.1 Å². The first kappa shape index (κ1) is 33.1. The molecule has 0 bridgehead atoms. The molecule has 3 N–H and O–H groups in total. The quantitative estimate of drug-likeness (QED) is 0.143. The fourth-order valence-electron chi connectivity index (χ4n) is 3.87. The van der Waals surface area contributed by atoms with Gasteiger partial charge in [-0.05, 0) is 85.1 Å². The number of nitrogens with zero attached hydrogens (tertiary/aromatic N) is 1. The normalized spacial score (nSPS) is 11.4. The molecule has 1 unspecified atom stereocenters. The summed E-state index contributed by atoms with van der Waals surface area (Å²) in [5.41, 5.74) is 4.32. The lowest BCUT2D eigenvalue weighted by atomic mass is 10.0. The maximum atomic E-state index is 12.8. The summed E-state index contributed by atoms with van der Waals surface area (Å²) < 4.78 is 21.1. The smallest absolute Gasteiger partial charge is 0.338 e. The summed E-state index contributed by atoms with van der Waals surface area (Å²) >= 11 is 0. The third-order valence-electron chi connectivity index (χ3n) is 6.20. The number of esters is 1. The standard InChI is InChI=1S/C32H36N4O8/c1-6-43-32(40)23-8-12-24(13-9-23)34-28(37)19-44-26-16-7-21(17-27(26)42-5)18-33-36-31(39)29(20(2)3)35-30(38)22-10-14-25(41-4)15-11-22/h7-18,20,29H,6,19H2,1-5H3,(H,34,37)(H,35,38)(H,36,39). The Morgan fingerprint density at radius 2 is 1.55 bits per heavy atom. The maximum absolute atomic E-state index is 12.8. The first-order chi connectivity index (χ1) is 21.1. The van der Waals surface area contributed by atoms with Crippen LogP contribution < -0.4 is 30.3 Å². The van der Waals surface area contributed by atoms with E-state index in [9.17, 15) is 19.2 Å². The van der Waals surface area contributed by atoms with Gasteiger partial charge in [0.1, 0.15) is 11.8 Å². The Hall–Kier alpha value is -5.39. The van der Waals surface area contributed by atoms with E-state index < -0.39 is 29.7 Å². The molecule has 3 rings (SSSR count). The highest BCUT2D eigenvalue weighted by molar-refractivity contribution is 5.98. The fourth-order valence-corrected chi connectivity index (χ4v) is 3.87. The van der Waals surface area contributed by atoms with Crippen molar-refractivity contribution in [2.45, 2.75) is 26.8 Å². The Kier molecular flexibility index (Phi) is 12.3. The molecule has 0 aliphatic rings. The van der Waals surface area contributed by atoms with Crippen molar-refractivity contribution < 1.29 is 38.1 Å². The number of rotatable bonds is 14. The van der Waals surface area contributed by atoms with Crippen molar-refractivity contribution in [3.8, 4) is 17.2 Å². The third-order valence-corrected chi connectivity index (χ3v) is 6.20. The number of nitrogens with one attached hydrogen (secondary N) is 3. The maximum Gasteiger partial charge on any atom is 0.338 e. The second-order valence-electron chi connectivity index (χ2n) is 9.70. The molecule has 12 nitrogen and oxygen atoms in total. The van der Waals surface area contributed by atoms with Crippen LogP contribution in [0.5, 0.6) is 17.2 Å². The lowest BCUT2D eigenvalue weighted by Crippen LogP contribution is -2.48. The van der Waals surface area contributed by atoms with Crippen LogP contribution in [0.15, 0.2) is 71.8 Å². The Balaban J connectivity index is 1.54. The molecule has 12 heteroatoms. The van der Waals surface area contributed by atoms with Crippen LogP contribution >= 0.6 is 0 Å². The minimum atomic E-state index is -0.825. The van der Waals surface area contributed by atoms with Crippen molar-refractivity contribution in [2.24, 2.45) is 11.0 Å². The van der Waals surface area contributed by atoms with E-state index in [1.165, 1.54) is 20.4 Å². The van der Waals surface area contributed by atoms with Crippen molar-refractivity contribution in [1.29, 1.82) is 0 Å². The summed E-state index contributed by atoms with van der Waals surface area (Å²) in [6.07, 6.45) is 1.42. The molecular formula is C32H36N4O8. The number of hydrogen-bond donors (Lipinski definition) is 3. The van der Waals surface area contributed by atoms with Gasteiger partial charge in [-0.2, -0.15) is 5.10 Å². The van der Waals surface area contributed by atoms with Gasteiger partial charge in [-0.1, -0.05) is 13.8 Å². The topological polar surface area (TPSA) is 154 Å². The number of hydrazone groups is 1. The van der Waals surface area contributed by atoms with E-state index in [0.29, 0.717) is 39.6 Å². The predicted octanol–water partition coefficient (Wildman–Crippen LogP) is 3.80. The second-order valence-corrected chi connectivity index (χ2v) is 9.70. The lowest BCUT2D eigenvalue weighted by Gasteiger charge is -2.20. The SMILES string of the molecule is CCOC(=O)c1ccc(NC(=O)COc2ccc(C=NNC(=O)C(NC(=O)c3ccc(OC)cc3)C(C)C)cc2OC)cc1.